The number of nitrogens with two attached hydrogens (primary N) is 1. The van der Waals surface area contributed by atoms with Gasteiger partial charge in [0.05, 0.1) is 18.2 Å². The Morgan fingerprint density at radius 1 is 1.58 bits per heavy atom. The van der Waals surface area contributed by atoms with Crippen molar-refractivity contribution in [2.24, 2.45) is 10.7 Å². The number of rotatable bonds is 3. The second-order valence-electron chi connectivity index (χ2n) is 3.81. The van der Waals surface area contributed by atoms with Crippen molar-refractivity contribution < 1.29 is 5.11 Å². The summed E-state index contributed by atoms with van der Waals surface area (Å²) in [6.45, 7) is 0.161. The second kappa shape index (κ2) is 2.62. The van der Waals surface area contributed by atoms with Crippen molar-refractivity contribution >= 4 is 5.96 Å². The van der Waals surface area contributed by atoms with Gasteiger partial charge in [-0.2, -0.15) is 0 Å². The fraction of sp³-hybridized carbons (Fsp3) is 0.875. The lowest BCUT2D eigenvalue weighted by molar-refractivity contribution is 0.245. The van der Waals surface area contributed by atoms with Gasteiger partial charge in [-0.05, 0) is 25.7 Å². The Hall–Kier alpha value is -0.770. The average Bonchev–Trinajstić information content (AvgIpc) is 2.86. The third-order valence-electron chi connectivity index (χ3n) is 2.42. The van der Waals surface area contributed by atoms with Crippen molar-refractivity contribution in [3.8, 4) is 0 Å². The number of hydrogen-bond acceptors (Lipinski definition) is 2. The summed E-state index contributed by atoms with van der Waals surface area (Å²) >= 11 is 0. The Bertz CT molecular complexity index is 206. The van der Waals surface area contributed by atoms with Crippen LogP contribution in [-0.2, 0) is 0 Å². The molecule has 0 unspecified atom stereocenters. The van der Waals surface area contributed by atoms with Crippen molar-refractivity contribution in [1.82, 2.24) is 5.32 Å². The molecule has 2 fully saturated rings. The van der Waals surface area contributed by atoms with E-state index in [-0.39, 0.29) is 12.1 Å². The maximum atomic E-state index is 8.98. The average molecular weight is 169 g/mol. The van der Waals surface area contributed by atoms with Crippen LogP contribution in [0.4, 0.5) is 0 Å². The number of aliphatic imine (C=N–C) groups is 1. The number of nitrogens with one attached hydrogen (secondary N) is 1. The molecule has 2 saturated carbocycles. The molecule has 0 saturated heterocycles. The highest BCUT2D eigenvalue weighted by atomic mass is 16.3. The van der Waals surface area contributed by atoms with Crippen LogP contribution in [0.1, 0.15) is 25.7 Å². The first-order chi connectivity index (χ1) is 5.74. The molecule has 2 aliphatic carbocycles. The van der Waals surface area contributed by atoms with Crippen LogP contribution >= 0.6 is 0 Å². The maximum absolute atomic E-state index is 8.98. The van der Waals surface area contributed by atoms with Gasteiger partial charge in [-0.15, -0.1) is 0 Å². The zero-order valence-corrected chi connectivity index (χ0v) is 7.08. The highest BCUT2D eigenvalue weighted by Gasteiger charge is 2.42. The summed E-state index contributed by atoms with van der Waals surface area (Å²) in [5.74, 6) is 0.504. The normalized spacial score (nSPS) is 26.9. The molecule has 0 aliphatic heterocycles. The van der Waals surface area contributed by atoms with Crippen molar-refractivity contribution in [2.75, 3.05) is 6.61 Å². The van der Waals surface area contributed by atoms with E-state index in [1.165, 1.54) is 0 Å². The fourth-order valence-electron chi connectivity index (χ4n) is 1.18. The van der Waals surface area contributed by atoms with Gasteiger partial charge in [0.2, 0.25) is 0 Å². The molecular formula is C8H15N3O. The molecule has 0 atom stereocenters. The Kier molecular flexibility index (Phi) is 1.72. The summed E-state index contributed by atoms with van der Waals surface area (Å²) in [7, 11) is 0. The second-order valence-corrected chi connectivity index (χ2v) is 3.81. The van der Waals surface area contributed by atoms with Crippen molar-refractivity contribution in [1.29, 1.82) is 0 Å². The third kappa shape index (κ3) is 1.69. The lowest BCUT2D eigenvalue weighted by Crippen LogP contribution is -2.44. The molecule has 68 valence electrons. The van der Waals surface area contributed by atoms with Gasteiger partial charge in [0.1, 0.15) is 0 Å². The van der Waals surface area contributed by atoms with Crippen LogP contribution in [0.15, 0.2) is 4.99 Å². The number of guanidine groups is 1. The van der Waals surface area contributed by atoms with E-state index in [0.717, 1.165) is 25.7 Å². The molecule has 0 radical (unpaired) electrons. The van der Waals surface area contributed by atoms with Crippen molar-refractivity contribution in [2.45, 2.75) is 37.3 Å². The molecule has 0 aromatic carbocycles. The Morgan fingerprint density at radius 2 is 2.25 bits per heavy atom. The third-order valence-corrected chi connectivity index (χ3v) is 2.42. The highest BCUT2D eigenvalue weighted by molar-refractivity contribution is 5.79. The smallest absolute Gasteiger partial charge is 0.189 e. The van der Waals surface area contributed by atoms with Gasteiger partial charge in [0.25, 0.3) is 0 Å². The molecule has 2 rings (SSSR count). The van der Waals surface area contributed by atoms with Crippen molar-refractivity contribution in [3.63, 3.8) is 0 Å². The summed E-state index contributed by atoms with van der Waals surface area (Å²) in [6.07, 6.45) is 4.33. The number of aliphatic hydroxyl groups is 1. The van der Waals surface area contributed by atoms with Crippen LogP contribution in [0.25, 0.3) is 0 Å². The molecule has 0 heterocycles. The molecule has 0 aromatic heterocycles. The molecule has 0 aromatic rings. The Morgan fingerprint density at radius 3 is 2.67 bits per heavy atom. The van der Waals surface area contributed by atoms with Gasteiger partial charge in [0, 0.05) is 0 Å². The van der Waals surface area contributed by atoms with Crippen LogP contribution < -0.4 is 11.1 Å². The predicted molar refractivity (Wildman–Crippen MR) is 46.8 cm³/mol. The van der Waals surface area contributed by atoms with E-state index < -0.39 is 0 Å². The van der Waals surface area contributed by atoms with Crippen LogP contribution in [0.2, 0.25) is 0 Å². The van der Waals surface area contributed by atoms with E-state index >= 15 is 0 Å². The van der Waals surface area contributed by atoms with Crippen LogP contribution in [0.5, 0.6) is 0 Å². The topological polar surface area (TPSA) is 70.6 Å². The lowest BCUT2D eigenvalue weighted by atomic mass is 10.3. The van der Waals surface area contributed by atoms with E-state index in [2.05, 4.69) is 10.3 Å². The molecule has 2 aliphatic rings. The molecule has 4 N–H and O–H groups in total. The monoisotopic (exact) mass is 169 g/mol. The predicted octanol–water partition coefficient (Wildman–Crippen LogP) is -0.422. The Balaban J connectivity index is 1.84. The molecule has 12 heavy (non-hydrogen) atoms. The molecular weight excluding hydrogens is 154 g/mol. The number of hydrogen-bond donors (Lipinski definition) is 3. The molecule has 4 heteroatoms. The minimum Gasteiger partial charge on any atom is -0.394 e. The maximum Gasteiger partial charge on any atom is 0.189 e. The van der Waals surface area contributed by atoms with Crippen LogP contribution in [0.3, 0.4) is 0 Å². The van der Waals surface area contributed by atoms with Gasteiger partial charge in [-0.3, -0.25) is 4.99 Å². The summed E-state index contributed by atoms with van der Waals surface area (Å²) < 4.78 is 0. The van der Waals surface area contributed by atoms with E-state index in [9.17, 15) is 0 Å². The quantitative estimate of drug-likeness (QED) is 0.397. The number of nitrogens with zero attached hydrogens (tertiary/aromatic N) is 1. The van der Waals surface area contributed by atoms with Crippen molar-refractivity contribution in [3.05, 3.63) is 0 Å². The molecule has 0 bridgehead atoms. The molecule has 0 amide bonds. The molecule has 0 spiro atoms. The highest BCUT2D eigenvalue weighted by Crippen LogP contribution is 2.34. The van der Waals surface area contributed by atoms with Gasteiger partial charge >= 0.3 is 0 Å². The van der Waals surface area contributed by atoms with E-state index in [1.54, 1.807) is 0 Å². The summed E-state index contributed by atoms with van der Waals surface area (Å²) in [6, 6.07) is 0.451. The van der Waals surface area contributed by atoms with Crippen LogP contribution in [0, 0.1) is 0 Å². The SMILES string of the molecule is NC(=NC1CC1)NC1(CO)CC1. The van der Waals surface area contributed by atoms with Gasteiger partial charge < -0.3 is 16.2 Å². The number of aliphatic hydroxyl groups excluding tert-OH is 1. The lowest BCUT2D eigenvalue weighted by Gasteiger charge is -2.14. The van der Waals surface area contributed by atoms with Crippen LogP contribution in [-0.4, -0.2) is 29.3 Å². The largest absolute Gasteiger partial charge is 0.394 e. The first-order valence-electron chi connectivity index (χ1n) is 4.46. The summed E-state index contributed by atoms with van der Waals surface area (Å²) in [4.78, 5) is 4.23. The minimum atomic E-state index is -0.123. The summed E-state index contributed by atoms with van der Waals surface area (Å²) in [5.41, 5.74) is 5.52. The minimum absolute atomic E-state index is 0.123. The Labute approximate surface area is 71.9 Å². The standard InChI is InChI=1S/C8H15N3O/c9-7(10-6-1-2-6)11-8(5-12)3-4-8/h6,12H,1-5H2,(H3,9,10,11). The van der Waals surface area contributed by atoms with Gasteiger partial charge in [-0.1, -0.05) is 0 Å². The zero-order chi connectivity index (χ0) is 8.60. The first kappa shape index (κ1) is 7.86. The van der Waals surface area contributed by atoms with Gasteiger partial charge in [-0.25, -0.2) is 0 Å². The van der Waals surface area contributed by atoms with E-state index in [1.807, 2.05) is 0 Å². The first-order valence-corrected chi connectivity index (χ1v) is 4.46. The fourth-order valence-corrected chi connectivity index (χ4v) is 1.18. The molecule has 4 nitrogen and oxygen atoms in total. The zero-order valence-electron chi connectivity index (χ0n) is 7.08. The van der Waals surface area contributed by atoms with E-state index in [0.29, 0.717) is 12.0 Å². The van der Waals surface area contributed by atoms with E-state index in [4.69, 9.17) is 10.8 Å². The summed E-state index contributed by atoms with van der Waals surface area (Å²) in [5, 5.41) is 12.0. The van der Waals surface area contributed by atoms with Gasteiger partial charge in [0.15, 0.2) is 5.96 Å².